The summed E-state index contributed by atoms with van der Waals surface area (Å²) in [5, 5.41) is 13.5. The highest BCUT2D eigenvalue weighted by molar-refractivity contribution is 7.80. The molecule has 33 heavy (non-hydrogen) atoms. The maximum Gasteiger partial charge on any atom is 0.232 e. The Bertz CT molecular complexity index is 956. The number of rotatable bonds is 5. The Kier molecular flexibility index (Phi) is 4.65. The fourth-order valence-electron chi connectivity index (χ4n) is 10.1. The summed E-state index contributed by atoms with van der Waals surface area (Å²) < 4.78 is 6.17. The van der Waals surface area contributed by atoms with E-state index >= 15 is 0 Å². The molecule has 8 bridgehead atoms. The summed E-state index contributed by atoms with van der Waals surface area (Å²) >= 11 is 5.77. The normalized spacial score (nSPS) is 44.0. The predicted octanol–water partition coefficient (Wildman–Crippen LogP) is 5.69. The number of nitrogens with one attached hydrogen (secondary N) is 1. The molecular formula is C28H35N3OS. The van der Waals surface area contributed by atoms with Gasteiger partial charge in [-0.15, -0.1) is 0 Å². The molecule has 0 unspecified atom stereocenters. The topological polar surface area (TPSA) is 57.9 Å². The molecule has 1 aromatic heterocycles. The summed E-state index contributed by atoms with van der Waals surface area (Å²) in [4.78, 5) is 5.78. The van der Waals surface area contributed by atoms with Gasteiger partial charge >= 0.3 is 0 Å². The summed E-state index contributed by atoms with van der Waals surface area (Å²) in [6, 6.07) is 6.35. The SMILES string of the molecule is N#Cc1ccc(C23CC4CC(CC(C4)C2)C3)nc1OCC(=S)NC12CC3CC(CC(C3)C1)C2. The van der Waals surface area contributed by atoms with Gasteiger partial charge in [0.15, 0.2) is 0 Å². The van der Waals surface area contributed by atoms with Crippen LogP contribution in [0.5, 0.6) is 5.88 Å². The minimum atomic E-state index is 0.196. The van der Waals surface area contributed by atoms with Crippen LogP contribution in [-0.4, -0.2) is 22.1 Å². The van der Waals surface area contributed by atoms with Crippen molar-refractivity contribution >= 4 is 17.2 Å². The van der Waals surface area contributed by atoms with E-state index < -0.39 is 0 Å². The zero-order valence-electron chi connectivity index (χ0n) is 19.5. The highest BCUT2D eigenvalue weighted by atomic mass is 32.1. The van der Waals surface area contributed by atoms with Crippen LogP contribution in [0.3, 0.4) is 0 Å². The molecule has 0 saturated heterocycles. The molecule has 0 spiro atoms. The van der Waals surface area contributed by atoms with Gasteiger partial charge < -0.3 is 10.1 Å². The molecule has 4 nitrogen and oxygen atoms in total. The first-order chi connectivity index (χ1) is 16.0. The number of ether oxygens (including phenoxy) is 1. The van der Waals surface area contributed by atoms with Crippen LogP contribution in [0.2, 0.25) is 0 Å². The summed E-state index contributed by atoms with van der Waals surface area (Å²) in [6.45, 7) is 0.323. The number of pyridine rings is 1. The van der Waals surface area contributed by atoms with E-state index in [4.69, 9.17) is 21.9 Å². The van der Waals surface area contributed by atoms with Gasteiger partial charge in [0.05, 0.1) is 5.69 Å². The van der Waals surface area contributed by atoms with Gasteiger partial charge in [-0.2, -0.15) is 5.26 Å². The van der Waals surface area contributed by atoms with Crippen molar-refractivity contribution in [3.63, 3.8) is 0 Å². The van der Waals surface area contributed by atoms with Crippen LogP contribution in [0.25, 0.3) is 0 Å². The van der Waals surface area contributed by atoms with E-state index in [0.29, 0.717) is 18.1 Å². The fourth-order valence-corrected chi connectivity index (χ4v) is 10.4. The second kappa shape index (κ2) is 7.41. The zero-order chi connectivity index (χ0) is 22.2. The molecule has 1 N–H and O–H groups in total. The average Bonchev–Trinajstić information content (AvgIpc) is 2.75. The van der Waals surface area contributed by atoms with Crippen molar-refractivity contribution in [1.29, 1.82) is 5.26 Å². The Morgan fingerprint density at radius 2 is 1.42 bits per heavy atom. The Morgan fingerprint density at radius 3 is 1.94 bits per heavy atom. The standard InChI is InChI=1S/C28H35N3OS/c29-15-23-1-2-24(27-9-17-3-18(10-27)5-19(4-17)11-27)30-26(23)32-16-25(33)31-28-12-20-6-21(13-28)8-22(7-20)14-28/h1-2,17-22H,3-14,16H2,(H,31,33). The largest absolute Gasteiger partial charge is 0.469 e. The van der Waals surface area contributed by atoms with Crippen LogP contribution in [0.4, 0.5) is 0 Å². The number of nitriles is 1. The number of hydrogen-bond donors (Lipinski definition) is 1. The van der Waals surface area contributed by atoms with Crippen molar-refractivity contribution in [2.24, 2.45) is 35.5 Å². The Balaban J connectivity index is 1.07. The second-order valence-electron chi connectivity index (χ2n) is 12.9. The summed E-state index contributed by atoms with van der Waals surface area (Å²) in [7, 11) is 0. The van der Waals surface area contributed by atoms with Crippen LogP contribution in [-0.2, 0) is 5.41 Å². The first-order valence-electron chi connectivity index (χ1n) is 13.4. The fraction of sp³-hybridized carbons (Fsp3) is 0.750. The predicted molar refractivity (Wildman–Crippen MR) is 131 cm³/mol. The van der Waals surface area contributed by atoms with E-state index in [1.54, 1.807) is 0 Å². The molecule has 5 heteroatoms. The first kappa shape index (κ1) is 20.7. The van der Waals surface area contributed by atoms with Gasteiger partial charge in [0.1, 0.15) is 23.2 Å². The highest BCUT2D eigenvalue weighted by Gasteiger charge is 2.53. The van der Waals surface area contributed by atoms with Crippen LogP contribution >= 0.6 is 12.2 Å². The van der Waals surface area contributed by atoms with Crippen molar-refractivity contribution in [3.8, 4) is 11.9 Å². The van der Waals surface area contributed by atoms with Crippen molar-refractivity contribution in [3.05, 3.63) is 23.4 Å². The lowest BCUT2D eigenvalue weighted by molar-refractivity contribution is -0.0102. The van der Waals surface area contributed by atoms with Gasteiger partial charge in [0.25, 0.3) is 0 Å². The van der Waals surface area contributed by atoms with Crippen LogP contribution in [0.1, 0.15) is 88.3 Å². The van der Waals surface area contributed by atoms with E-state index in [2.05, 4.69) is 17.5 Å². The quantitative estimate of drug-likeness (QED) is 0.571. The summed E-state index contributed by atoms with van der Waals surface area (Å²) in [6.07, 6.45) is 16.1. The maximum absolute atomic E-state index is 9.70. The van der Waals surface area contributed by atoms with E-state index in [0.717, 1.165) is 46.2 Å². The van der Waals surface area contributed by atoms with Gasteiger partial charge in [-0.25, -0.2) is 4.98 Å². The molecule has 174 valence electrons. The monoisotopic (exact) mass is 461 g/mol. The third-order valence-corrected chi connectivity index (χ3v) is 10.6. The van der Waals surface area contributed by atoms with E-state index in [1.807, 2.05) is 6.07 Å². The van der Waals surface area contributed by atoms with Crippen molar-refractivity contribution in [1.82, 2.24) is 10.3 Å². The molecule has 0 amide bonds. The van der Waals surface area contributed by atoms with Crippen LogP contribution in [0.15, 0.2) is 12.1 Å². The van der Waals surface area contributed by atoms with Gasteiger partial charge in [-0.1, -0.05) is 12.2 Å². The lowest BCUT2D eigenvalue weighted by Gasteiger charge is -2.57. The third-order valence-electron chi connectivity index (χ3n) is 10.3. The number of hydrogen-bond acceptors (Lipinski definition) is 4. The molecule has 0 radical (unpaired) electrons. The molecule has 9 rings (SSSR count). The molecule has 8 fully saturated rings. The van der Waals surface area contributed by atoms with Gasteiger partial charge in [0.2, 0.25) is 5.88 Å². The van der Waals surface area contributed by atoms with Crippen molar-refractivity contribution in [2.45, 2.75) is 88.0 Å². The molecule has 8 aliphatic rings. The molecule has 8 aliphatic carbocycles. The number of aromatic nitrogens is 1. The molecular weight excluding hydrogens is 426 g/mol. The Labute approximate surface area is 202 Å². The van der Waals surface area contributed by atoms with E-state index in [-0.39, 0.29) is 11.0 Å². The minimum absolute atomic E-state index is 0.196. The van der Waals surface area contributed by atoms with Crippen LogP contribution < -0.4 is 10.1 Å². The molecule has 1 heterocycles. The van der Waals surface area contributed by atoms with Gasteiger partial charge in [-0.05, 0) is 125 Å². The lowest BCUT2D eigenvalue weighted by atomic mass is 9.49. The minimum Gasteiger partial charge on any atom is -0.469 e. The van der Waals surface area contributed by atoms with E-state index in [9.17, 15) is 5.26 Å². The lowest BCUT2D eigenvalue weighted by Crippen LogP contribution is -2.60. The summed E-state index contributed by atoms with van der Waals surface area (Å²) in [5.74, 6) is 5.75. The average molecular weight is 462 g/mol. The van der Waals surface area contributed by atoms with E-state index in [1.165, 1.54) is 77.0 Å². The van der Waals surface area contributed by atoms with Crippen LogP contribution in [0, 0.1) is 46.8 Å². The second-order valence-corrected chi connectivity index (χ2v) is 13.4. The smallest absolute Gasteiger partial charge is 0.232 e. The Hall–Kier alpha value is -1.67. The molecule has 0 atom stereocenters. The zero-order valence-corrected chi connectivity index (χ0v) is 20.3. The van der Waals surface area contributed by atoms with Gasteiger partial charge in [-0.3, -0.25) is 0 Å². The van der Waals surface area contributed by atoms with Crippen molar-refractivity contribution < 1.29 is 4.74 Å². The molecule has 0 aliphatic heterocycles. The highest BCUT2D eigenvalue weighted by Crippen LogP contribution is 2.60. The molecule has 1 aromatic rings. The molecule has 0 aromatic carbocycles. The third kappa shape index (κ3) is 3.51. The number of nitrogens with zero attached hydrogens (tertiary/aromatic N) is 2. The first-order valence-corrected chi connectivity index (χ1v) is 13.8. The molecule has 8 saturated carbocycles. The summed E-state index contributed by atoms with van der Waals surface area (Å²) in [5.41, 5.74) is 2.09. The van der Waals surface area contributed by atoms with Crippen molar-refractivity contribution in [2.75, 3.05) is 6.61 Å². The number of thiocarbonyl (C=S) groups is 1. The van der Waals surface area contributed by atoms with Gasteiger partial charge in [0, 0.05) is 11.0 Å². The maximum atomic E-state index is 9.70. The Morgan fingerprint density at radius 1 is 0.909 bits per heavy atom.